The van der Waals surface area contributed by atoms with Gasteiger partial charge in [0.2, 0.25) is 0 Å². The van der Waals surface area contributed by atoms with Gasteiger partial charge in [-0.15, -0.1) is 0 Å². The first kappa shape index (κ1) is 7.67. The van der Waals surface area contributed by atoms with E-state index < -0.39 is 0 Å². The summed E-state index contributed by atoms with van der Waals surface area (Å²) in [6.07, 6.45) is 0. The van der Waals surface area contributed by atoms with Gasteiger partial charge < -0.3 is 15.2 Å². The zero-order valence-electron chi connectivity index (χ0n) is 6.21. The Morgan fingerprint density at radius 2 is 2.17 bits per heavy atom. The number of nitrogens with zero attached hydrogens (tertiary/aromatic N) is 1. The second-order valence-corrected chi connectivity index (χ2v) is 3.21. The lowest BCUT2D eigenvalue weighted by Gasteiger charge is -2.17. The van der Waals surface area contributed by atoms with Crippen molar-refractivity contribution in [2.75, 3.05) is 18.9 Å². The number of hydrogen-bond acceptors (Lipinski definition) is 4. The van der Waals surface area contributed by atoms with Gasteiger partial charge in [0.25, 0.3) is 5.88 Å². The van der Waals surface area contributed by atoms with Gasteiger partial charge in [-0.3, -0.25) is 0 Å². The predicted octanol–water partition coefficient (Wildman–Crippen LogP) is 1.20. The van der Waals surface area contributed by atoms with E-state index in [1.165, 1.54) is 0 Å². The van der Waals surface area contributed by atoms with Crippen molar-refractivity contribution in [3.05, 3.63) is 10.5 Å². The number of pyridine rings is 1. The second-order valence-electron chi connectivity index (χ2n) is 2.36. The fraction of sp³-hybridized carbons (Fsp3) is 0.286. The van der Waals surface area contributed by atoms with E-state index >= 15 is 0 Å². The van der Waals surface area contributed by atoms with Crippen molar-refractivity contribution < 1.29 is 9.47 Å². The molecule has 2 N–H and O–H groups in total. The highest BCUT2D eigenvalue weighted by Gasteiger charge is 2.14. The molecular formula is C7H7BrN2O2. The Kier molecular flexibility index (Phi) is 1.80. The summed E-state index contributed by atoms with van der Waals surface area (Å²) in [6.45, 7) is 1.09. The molecule has 1 aliphatic rings. The van der Waals surface area contributed by atoms with Gasteiger partial charge in [0, 0.05) is 6.07 Å². The molecule has 0 unspecified atom stereocenters. The molecule has 0 radical (unpaired) electrons. The number of aromatic nitrogens is 1. The van der Waals surface area contributed by atoms with E-state index in [0.29, 0.717) is 30.7 Å². The molecule has 0 spiro atoms. The molecule has 0 bridgehead atoms. The number of fused-ring (bicyclic) bond motifs is 1. The summed E-state index contributed by atoms with van der Waals surface area (Å²) in [5.41, 5.74) is 5.55. The van der Waals surface area contributed by atoms with Crippen LogP contribution in [0.2, 0.25) is 0 Å². The van der Waals surface area contributed by atoms with Gasteiger partial charge in [-0.25, -0.2) is 0 Å². The van der Waals surface area contributed by atoms with E-state index in [-0.39, 0.29) is 0 Å². The van der Waals surface area contributed by atoms with Crippen molar-refractivity contribution in [3.8, 4) is 11.6 Å². The number of ether oxygens (including phenoxy) is 2. The molecule has 0 saturated carbocycles. The van der Waals surface area contributed by atoms with Crippen molar-refractivity contribution in [1.29, 1.82) is 0 Å². The average molecular weight is 231 g/mol. The van der Waals surface area contributed by atoms with Crippen LogP contribution in [-0.2, 0) is 0 Å². The van der Waals surface area contributed by atoms with E-state index in [1.54, 1.807) is 6.07 Å². The first-order chi connectivity index (χ1) is 5.77. The number of nitrogens with two attached hydrogens (primary N) is 1. The molecule has 1 aromatic rings. The van der Waals surface area contributed by atoms with Crippen molar-refractivity contribution in [2.24, 2.45) is 0 Å². The zero-order valence-corrected chi connectivity index (χ0v) is 7.80. The monoisotopic (exact) mass is 230 g/mol. The SMILES string of the molecule is Nc1nc2c(cc1Br)OCCO2. The molecule has 0 amide bonds. The maximum atomic E-state index is 5.55. The van der Waals surface area contributed by atoms with Crippen LogP contribution in [0.3, 0.4) is 0 Å². The van der Waals surface area contributed by atoms with Gasteiger partial charge in [0.1, 0.15) is 19.0 Å². The molecule has 0 atom stereocenters. The summed E-state index contributed by atoms with van der Waals surface area (Å²) in [5.74, 6) is 1.53. The third-order valence-electron chi connectivity index (χ3n) is 1.51. The molecule has 0 aromatic carbocycles. The van der Waals surface area contributed by atoms with Crippen LogP contribution in [0, 0.1) is 0 Å². The van der Waals surface area contributed by atoms with Gasteiger partial charge in [-0.1, -0.05) is 0 Å². The fourth-order valence-corrected chi connectivity index (χ4v) is 1.26. The fourth-order valence-electron chi connectivity index (χ4n) is 0.965. The van der Waals surface area contributed by atoms with Crippen LogP contribution in [0.25, 0.3) is 0 Å². The molecule has 2 heterocycles. The molecule has 5 heteroatoms. The molecule has 12 heavy (non-hydrogen) atoms. The summed E-state index contributed by atoms with van der Waals surface area (Å²) in [6, 6.07) is 1.76. The van der Waals surface area contributed by atoms with Crippen LogP contribution in [0.15, 0.2) is 10.5 Å². The first-order valence-electron chi connectivity index (χ1n) is 3.49. The third kappa shape index (κ3) is 1.20. The largest absolute Gasteiger partial charge is 0.484 e. The lowest BCUT2D eigenvalue weighted by Crippen LogP contribution is -2.16. The van der Waals surface area contributed by atoms with Crippen LogP contribution in [0.5, 0.6) is 11.6 Å². The topological polar surface area (TPSA) is 57.4 Å². The van der Waals surface area contributed by atoms with Gasteiger partial charge >= 0.3 is 0 Å². The normalized spacial score (nSPS) is 14.4. The summed E-state index contributed by atoms with van der Waals surface area (Å²) < 4.78 is 11.2. The second kappa shape index (κ2) is 2.82. The van der Waals surface area contributed by atoms with Gasteiger partial charge in [-0.05, 0) is 15.9 Å². The minimum atomic E-state index is 0.416. The smallest absolute Gasteiger partial charge is 0.259 e. The Morgan fingerprint density at radius 1 is 1.42 bits per heavy atom. The number of hydrogen-bond donors (Lipinski definition) is 1. The van der Waals surface area contributed by atoms with Crippen molar-refractivity contribution in [3.63, 3.8) is 0 Å². The lowest BCUT2D eigenvalue weighted by atomic mass is 10.4. The molecular weight excluding hydrogens is 224 g/mol. The maximum absolute atomic E-state index is 5.55. The third-order valence-corrected chi connectivity index (χ3v) is 2.15. The van der Waals surface area contributed by atoms with E-state index in [4.69, 9.17) is 15.2 Å². The molecule has 4 nitrogen and oxygen atoms in total. The van der Waals surface area contributed by atoms with Gasteiger partial charge in [0.05, 0.1) is 4.47 Å². The van der Waals surface area contributed by atoms with E-state index in [2.05, 4.69) is 20.9 Å². The van der Waals surface area contributed by atoms with Gasteiger partial charge in [-0.2, -0.15) is 4.98 Å². The molecule has 64 valence electrons. The van der Waals surface area contributed by atoms with Crippen LogP contribution in [-0.4, -0.2) is 18.2 Å². The van der Waals surface area contributed by atoms with Crippen LogP contribution in [0.1, 0.15) is 0 Å². The van der Waals surface area contributed by atoms with Crippen molar-refractivity contribution in [1.82, 2.24) is 4.98 Å². The highest BCUT2D eigenvalue weighted by Crippen LogP contribution is 2.33. The molecule has 1 aromatic heterocycles. The van der Waals surface area contributed by atoms with Crippen molar-refractivity contribution >= 4 is 21.7 Å². The average Bonchev–Trinajstić information content (AvgIpc) is 2.07. The Bertz CT molecular complexity index is 286. The van der Waals surface area contributed by atoms with Crippen molar-refractivity contribution in [2.45, 2.75) is 0 Å². The van der Waals surface area contributed by atoms with Gasteiger partial charge in [0.15, 0.2) is 5.75 Å². The summed E-state index contributed by atoms with van der Waals surface area (Å²) in [7, 11) is 0. The van der Waals surface area contributed by atoms with Crippen LogP contribution >= 0.6 is 15.9 Å². The Balaban J connectivity index is 2.49. The standard InChI is InChI=1S/C7H7BrN2O2/c8-4-3-5-7(10-6(4)9)12-2-1-11-5/h3H,1-2H2,(H2,9,10). The number of anilines is 1. The van der Waals surface area contributed by atoms with Crippen LogP contribution in [0.4, 0.5) is 5.82 Å². The number of nitrogen functional groups attached to an aromatic ring is 1. The Morgan fingerprint density at radius 3 is 3.00 bits per heavy atom. The van der Waals surface area contributed by atoms with E-state index in [9.17, 15) is 0 Å². The number of rotatable bonds is 0. The minimum absolute atomic E-state index is 0.416. The maximum Gasteiger partial charge on any atom is 0.259 e. The Hall–Kier alpha value is -0.970. The lowest BCUT2D eigenvalue weighted by molar-refractivity contribution is 0.164. The summed E-state index contributed by atoms with van der Waals surface area (Å²) >= 11 is 3.25. The van der Waals surface area contributed by atoms with Crippen LogP contribution < -0.4 is 15.2 Å². The molecule has 0 saturated heterocycles. The highest BCUT2D eigenvalue weighted by atomic mass is 79.9. The summed E-state index contributed by atoms with van der Waals surface area (Å²) in [4.78, 5) is 4.00. The van der Waals surface area contributed by atoms with E-state index in [0.717, 1.165) is 4.47 Å². The Labute approximate surface area is 77.8 Å². The molecule has 0 fully saturated rings. The zero-order chi connectivity index (χ0) is 8.55. The predicted molar refractivity (Wildman–Crippen MR) is 47.3 cm³/mol. The highest BCUT2D eigenvalue weighted by molar-refractivity contribution is 9.10. The molecule has 0 aliphatic carbocycles. The number of halogens is 1. The quantitative estimate of drug-likeness (QED) is 0.728. The van der Waals surface area contributed by atoms with E-state index in [1.807, 2.05) is 0 Å². The molecule has 1 aliphatic heterocycles. The minimum Gasteiger partial charge on any atom is -0.484 e. The first-order valence-corrected chi connectivity index (χ1v) is 4.28. The summed E-state index contributed by atoms with van der Waals surface area (Å²) in [5, 5.41) is 0. The molecule has 2 rings (SSSR count).